The molecule has 0 heterocycles. The molecule has 0 aliphatic rings. The first kappa shape index (κ1) is 6.01. The minimum Gasteiger partial charge on any atom is -0.248 e. The Morgan fingerprint density at radius 2 is 2.29 bits per heavy atom. The zero-order valence-electron chi connectivity index (χ0n) is 4.20. The molecule has 0 fully saturated rings. The minimum absolute atomic E-state index is 1.33. The first-order valence-electron chi connectivity index (χ1n) is 1.87. The van der Waals surface area contributed by atoms with E-state index in [1.165, 1.54) is 6.34 Å². The van der Waals surface area contributed by atoms with Crippen molar-refractivity contribution in [2.24, 2.45) is 15.2 Å². The molecule has 0 rings (SSSR count). The van der Waals surface area contributed by atoms with Crippen molar-refractivity contribution in [1.29, 1.82) is 0 Å². The van der Waals surface area contributed by atoms with E-state index < -0.39 is 0 Å². The molecule has 0 atom stereocenters. The Bertz CT molecular complexity index is 93.1. The molecule has 0 aliphatic heterocycles. The molecule has 3 nitrogen and oxygen atoms in total. The minimum atomic E-state index is 1.33. The largest absolute Gasteiger partial charge is 0.248 e. The molecule has 0 bridgehead atoms. The van der Waals surface area contributed by atoms with Crippen molar-refractivity contribution in [2.45, 2.75) is 6.92 Å². The summed E-state index contributed by atoms with van der Waals surface area (Å²) in [6.45, 7) is 4.91. The van der Waals surface area contributed by atoms with E-state index in [2.05, 4.69) is 21.9 Å². The van der Waals surface area contributed by atoms with E-state index in [0.29, 0.717) is 0 Å². The molecular weight excluding hydrogens is 90.1 g/mol. The lowest BCUT2D eigenvalue weighted by Gasteiger charge is -1.66. The number of hydrogen-bond donors (Lipinski definition) is 0. The van der Waals surface area contributed by atoms with Crippen LogP contribution in [0.4, 0.5) is 0 Å². The second-order valence-corrected chi connectivity index (χ2v) is 0.780. The number of aliphatic imine (C=N–C) groups is 1. The van der Waals surface area contributed by atoms with Gasteiger partial charge in [-0.15, -0.1) is 5.10 Å². The van der Waals surface area contributed by atoms with Gasteiger partial charge in [0.15, 0.2) is 0 Å². The third-order valence-electron chi connectivity index (χ3n) is 0.349. The van der Waals surface area contributed by atoms with Gasteiger partial charge in [-0.05, 0) is 6.92 Å². The van der Waals surface area contributed by atoms with Crippen molar-refractivity contribution < 1.29 is 0 Å². The summed E-state index contributed by atoms with van der Waals surface area (Å²) < 4.78 is 0. The van der Waals surface area contributed by atoms with Gasteiger partial charge in [-0.3, -0.25) is 0 Å². The van der Waals surface area contributed by atoms with Gasteiger partial charge in [0.1, 0.15) is 6.34 Å². The topological polar surface area (TPSA) is 37.1 Å². The van der Waals surface area contributed by atoms with Crippen molar-refractivity contribution in [3.8, 4) is 0 Å². The summed E-state index contributed by atoms with van der Waals surface area (Å²) in [6.07, 6.45) is 2.95. The molecule has 0 N–H and O–H groups in total. The van der Waals surface area contributed by atoms with Crippen molar-refractivity contribution in [2.75, 3.05) is 0 Å². The van der Waals surface area contributed by atoms with Crippen molar-refractivity contribution in [1.82, 2.24) is 0 Å². The molecule has 0 radical (unpaired) electrons. The van der Waals surface area contributed by atoms with Crippen LogP contribution in [0.15, 0.2) is 15.2 Å². The Hall–Kier alpha value is -0.990. The quantitative estimate of drug-likeness (QED) is 0.276. The van der Waals surface area contributed by atoms with Crippen LogP contribution in [0.5, 0.6) is 0 Å². The fourth-order valence-corrected chi connectivity index (χ4v) is 0.133. The maximum Gasteiger partial charge on any atom is 0.137 e. The van der Waals surface area contributed by atoms with Crippen LogP contribution in [0, 0.1) is 0 Å². The lowest BCUT2D eigenvalue weighted by molar-refractivity contribution is 1.27. The molecule has 0 aromatic carbocycles. The summed E-state index contributed by atoms with van der Waals surface area (Å²) in [5.74, 6) is 0. The molecule has 3 heteroatoms. The van der Waals surface area contributed by atoms with Crippen LogP contribution in [0.25, 0.3) is 0 Å². The van der Waals surface area contributed by atoms with Gasteiger partial charge in [0.05, 0.1) is 0 Å². The van der Waals surface area contributed by atoms with Gasteiger partial charge in [-0.25, -0.2) is 4.99 Å². The van der Waals surface area contributed by atoms with Gasteiger partial charge >= 0.3 is 0 Å². The van der Waals surface area contributed by atoms with Crippen LogP contribution in [0.3, 0.4) is 0 Å². The highest BCUT2D eigenvalue weighted by molar-refractivity contribution is 5.70. The maximum atomic E-state index is 3.61. The molecule has 0 aromatic rings. The van der Waals surface area contributed by atoms with Crippen LogP contribution in [0.2, 0.25) is 0 Å². The van der Waals surface area contributed by atoms with Crippen LogP contribution in [-0.2, 0) is 0 Å². The summed E-state index contributed by atoms with van der Waals surface area (Å²) in [7, 11) is 0. The number of hydrogen-bond acceptors (Lipinski definition) is 2. The first-order chi connectivity index (χ1) is 3.41. The zero-order chi connectivity index (χ0) is 5.54. The first-order valence-corrected chi connectivity index (χ1v) is 1.87. The smallest absolute Gasteiger partial charge is 0.137 e. The predicted molar refractivity (Wildman–Crippen MR) is 32.2 cm³/mol. The third kappa shape index (κ3) is 5.01. The van der Waals surface area contributed by atoms with Crippen LogP contribution in [0.1, 0.15) is 6.92 Å². The SMILES string of the molecule is C=N/N=C\N=CC. The predicted octanol–water partition coefficient (Wildman–Crippen LogP) is 0.721. The second kappa shape index (κ2) is 5.01. The Kier molecular flexibility index (Phi) is 4.30. The van der Waals surface area contributed by atoms with Crippen LogP contribution >= 0.6 is 0 Å². The molecule has 0 aliphatic carbocycles. The summed E-state index contributed by atoms with van der Waals surface area (Å²) in [6, 6.07) is 0. The van der Waals surface area contributed by atoms with Gasteiger partial charge in [-0.1, -0.05) is 0 Å². The summed E-state index contributed by atoms with van der Waals surface area (Å²) in [5, 5.41) is 6.53. The molecular formula is C4H7N3. The normalized spacial score (nSPS) is 11.0. The molecule has 0 spiro atoms. The fourth-order valence-electron chi connectivity index (χ4n) is 0.133. The van der Waals surface area contributed by atoms with Crippen LogP contribution in [-0.4, -0.2) is 19.3 Å². The van der Waals surface area contributed by atoms with Crippen molar-refractivity contribution in [3.05, 3.63) is 0 Å². The summed E-state index contributed by atoms with van der Waals surface area (Å²) in [5.41, 5.74) is 0. The van der Waals surface area contributed by atoms with E-state index >= 15 is 0 Å². The molecule has 0 saturated carbocycles. The molecule has 38 valence electrons. The lowest BCUT2D eigenvalue weighted by Crippen LogP contribution is -1.61. The van der Waals surface area contributed by atoms with Gasteiger partial charge in [-0.2, -0.15) is 5.10 Å². The van der Waals surface area contributed by atoms with Gasteiger partial charge in [0.2, 0.25) is 0 Å². The maximum absolute atomic E-state index is 3.61. The summed E-state index contributed by atoms with van der Waals surface area (Å²) in [4.78, 5) is 3.61. The second-order valence-electron chi connectivity index (χ2n) is 0.780. The van der Waals surface area contributed by atoms with Gasteiger partial charge in [0.25, 0.3) is 0 Å². The highest BCUT2D eigenvalue weighted by Gasteiger charge is 1.52. The molecule has 0 saturated heterocycles. The van der Waals surface area contributed by atoms with Gasteiger partial charge in [0, 0.05) is 12.9 Å². The Balaban J connectivity index is 3.27. The standard InChI is InChI=1S/C4H7N3/c1-3-6-4-7-5-2/h3-4H,2H2,1H3/b6-3?,7-4-. The Morgan fingerprint density at radius 3 is 2.71 bits per heavy atom. The van der Waals surface area contributed by atoms with Crippen molar-refractivity contribution >= 4 is 19.3 Å². The third-order valence-corrected chi connectivity index (χ3v) is 0.349. The average molecular weight is 97.1 g/mol. The van der Waals surface area contributed by atoms with E-state index in [1.54, 1.807) is 13.1 Å². The highest BCUT2D eigenvalue weighted by atomic mass is 15.2. The fraction of sp³-hybridized carbons (Fsp3) is 0.250. The van der Waals surface area contributed by atoms with Gasteiger partial charge < -0.3 is 0 Å². The zero-order valence-corrected chi connectivity index (χ0v) is 4.20. The molecule has 0 unspecified atom stereocenters. The lowest BCUT2D eigenvalue weighted by atomic mass is 10.9. The van der Waals surface area contributed by atoms with E-state index in [-0.39, 0.29) is 0 Å². The Morgan fingerprint density at radius 1 is 1.57 bits per heavy atom. The molecule has 0 aromatic heterocycles. The van der Waals surface area contributed by atoms with E-state index in [9.17, 15) is 0 Å². The number of nitrogens with zero attached hydrogens (tertiary/aromatic N) is 3. The average Bonchev–Trinajstić information content (AvgIpc) is 1.69. The monoisotopic (exact) mass is 97.1 g/mol. The molecule has 0 amide bonds. The molecule has 7 heavy (non-hydrogen) atoms. The number of rotatable bonds is 2. The highest BCUT2D eigenvalue weighted by Crippen LogP contribution is 1.61. The van der Waals surface area contributed by atoms with E-state index in [4.69, 9.17) is 0 Å². The van der Waals surface area contributed by atoms with E-state index in [1.807, 2.05) is 0 Å². The van der Waals surface area contributed by atoms with E-state index in [0.717, 1.165) is 0 Å². The summed E-state index contributed by atoms with van der Waals surface area (Å²) >= 11 is 0. The Labute approximate surface area is 42.5 Å². The van der Waals surface area contributed by atoms with Crippen molar-refractivity contribution in [3.63, 3.8) is 0 Å². The van der Waals surface area contributed by atoms with Crippen LogP contribution < -0.4 is 0 Å².